The van der Waals surface area contributed by atoms with Gasteiger partial charge >= 0.3 is 5.97 Å². The van der Waals surface area contributed by atoms with Crippen LogP contribution >= 0.6 is 0 Å². The lowest BCUT2D eigenvalue weighted by Gasteiger charge is -2.31. The minimum Gasteiger partial charge on any atom is -0.467 e. The Kier molecular flexibility index (Phi) is 1.78. The molecule has 1 aliphatic carbocycles. The van der Waals surface area contributed by atoms with Crippen LogP contribution in [0.2, 0.25) is 0 Å². The molecular weight excluding hydrogens is 170 g/mol. The molecule has 2 rings (SSSR count). The predicted molar refractivity (Wildman–Crippen MR) is 44.8 cm³/mol. The number of fused-ring (bicyclic) bond motifs is 2. The van der Waals surface area contributed by atoms with Gasteiger partial charge in [0.15, 0.2) is 0 Å². The normalized spacial score (nSPS) is 37.0. The summed E-state index contributed by atoms with van der Waals surface area (Å²) < 4.78 is 4.71. The fraction of sp³-hybridized carbons (Fsp3) is 0.778. The summed E-state index contributed by atoms with van der Waals surface area (Å²) in [5.74, 6) is 0.0788. The van der Waals surface area contributed by atoms with Crippen LogP contribution in [0, 0.1) is 5.92 Å². The zero-order valence-electron chi connectivity index (χ0n) is 7.63. The average Bonchev–Trinajstić information content (AvgIpc) is 2.42. The molecule has 2 atom stereocenters. The molecule has 0 aromatic rings. The van der Waals surface area contributed by atoms with Gasteiger partial charge in [-0.1, -0.05) is 0 Å². The number of ether oxygens (including phenoxy) is 1. The Morgan fingerprint density at radius 1 is 1.69 bits per heavy atom. The van der Waals surface area contributed by atoms with Crippen molar-refractivity contribution in [1.29, 1.82) is 0 Å². The highest BCUT2D eigenvalue weighted by molar-refractivity contribution is 5.90. The molecule has 0 unspecified atom stereocenters. The number of hydrogen-bond donors (Lipinski definition) is 1. The second-order valence-corrected chi connectivity index (χ2v) is 3.93. The van der Waals surface area contributed by atoms with E-state index in [2.05, 4.69) is 5.32 Å². The Labute approximate surface area is 76.6 Å². The van der Waals surface area contributed by atoms with Crippen molar-refractivity contribution in [2.24, 2.45) is 5.92 Å². The van der Waals surface area contributed by atoms with Crippen LogP contribution in [0.15, 0.2) is 0 Å². The molecule has 1 heterocycles. The van der Waals surface area contributed by atoms with Crippen LogP contribution in [-0.4, -0.2) is 24.5 Å². The van der Waals surface area contributed by atoms with Crippen LogP contribution < -0.4 is 5.32 Å². The number of hydrogen-bond acceptors (Lipinski definition) is 3. The molecule has 13 heavy (non-hydrogen) atoms. The second kappa shape index (κ2) is 2.72. The molecule has 72 valence electrons. The van der Waals surface area contributed by atoms with E-state index in [1.54, 1.807) is 0 Å². The van der Waals surface area contributed by atoms with Crippen molar-refractivity contribution in [2.45, 2.75) is 31.2 Å². The van der Waals surface area contributed by atoms with E-state index in [0.29, 0.717) is 12.3 Å². The van der Waals surface area contributed by atoms with Crippen molar-refractivity contribution in [2.75, 3.05) is 7.11 Å². The fourth-order valence-corrected chi connectivity index (χ4v) is 2.45. The van der Waals surface area contributed by atoms with Crippen LogP contribution in [0.3, 0.4) is 0 Å². The first-order valence-corrected chi connectivity index (χ1v) is 4.56. The average molecular weight is 183 g/mol. The number of carbonyl (C=O) groups is 2. The maximum Gasteiger partial charge on any atom is 0.331 e. The third-order valence-electron chi connectivity index (χ3n) is 3.05. The molecule has 1 amide bonds. The minimum atomic E-state index is -0.686. The first kappa shape index (κ1) is 8.53. The molecule has 1 aliphatic heterocycles. The van der Waals surface area contributed by atoms with Crippen LogP contribution in [0.25, 0.3) is 0 Å². The molecular formula is C9H13NO3. The first-order valence-electron chi connectivity index (χ1n) is 4.56. The lowest BCUT2D eigenvalue weighted by atomic mass is 9.90. The minimum absolute atomic E-state index is 0.0147. The fourth-order valence-electron chi connectivity index (χ4n) is 2.45. The molecule has 2 bridgehead atoms. The molecule has 1 saturated heterocycles. The Hall–Kier alpha value is -1.06. The maximum absolute atomic E-state index is 11.5. The van der Waals surface area contributed by atoms with Crippen LogP contribution in [0.4, 0.5) is 0 Å². The van der Waals surface area contributed by atoms with Gasteiger partial charge in [-0.2, -0.15) is 0 Å². The van der Waals surface area contributed by atoms with Crippen molar-refractivity contribution in [3.63, 3.8) is 0 Å². The summed E-state index contributed by atoms with van der Waals surface area (Å²) in [7, 11) is 1.37. The highest BCUT2D eigenvalue weighted by atomic mass is 16.5. The summed E-state index contributed by atoms with van der Waals surface area (Å²) in [5.41, 5.74) is -0.686. The smallest absolute Gasteiger partial charge is 0.331 e. The van der Waals surface area contributed by atoms with E-state index in [9.17, 15) is 9.59 Å². The van der Waals surface area contributed by atoms with Crippen LogP contribution in [-0.2, 0) is 14.3 Å². The van der Waals surface area contributed by atoms with E-state index in [4.69, 9.17) is 4.74 Å². The van der Waals surface area contributed by atoms with Crippen molar-refractivity contribution in [1.82, 2.24) is 5.32 Å². The number of methoxy groups -OCH3 is 1. The molecule has 0 aromatic heterocycles. The molecule has 4 nitrogen and oxygen atoms in total. The summed E-state index contributed by atoms with van der Waals surface area (Å²) in [5, 5.41) is 2.76. The largest absolute Gasteiger partial charge is 0.467 e. The van der Waals surface area contributed by atoms with Crippen LogP contribution in [0.5, 0.6) is 0 Å². The SMILES string of the molecule is COC(=O)[C@@]12CC[C@H](CC(=O)N1)C2. The number of carbonyl (C=O) groups excluding carboxylic acids is 2. The molecule has 0 spiro atoms. The molecule has 0 radical (unpaired) electrons. The van der Waals surface area contributed by atoms with Crippen molar-refractivity contribution in [3.05, 3.63) is 0 Å². The number of rotatable bonds is 1. The van der Waals surface area contributed by atoms with E-state index in [1.165, 1.54) is 7.11 Å². The Morgan fingerprint density at radius 2 is 2.46 bits per heavy atom. The summed E-state index contributed by atoms with van der Waals surface area (Å²) in [4.78, 5) is 22.7. The van der Waals surface area contributed by atoms with Crippen molar-refractivity contribution < 1.29 is 14.3 Å². The second-order valence-electron chi connectivity index (χ2n) is 3.93. The van der Waals surface area contributed by atoms with Crippen LogP contribution in [0.1, 0.15) is 25.7 Å². The van der Waals surface area contributed by atoms with Gasteiger partial charge in [0.05, 0.1) is 7.11 Å². The lowest BCUT2D eigenvalue weighted by molar-refractivity contribution is -0.152. The summed E-state index contributed by atoms with van der Waals surface area (Å²) in [6.45, 7) is 0. The first-order chi connectivity index (χ1) is 6.16. The van der Waals surface area contributed by atoms with Gasteiger partial charge in [0, 0.05) is 6.42 Å². The molecule has 1 saturated carbocycles. The molecule has 0 aromatic carbocycles. The van der Waals surface area contributed by atoms with Crippen molar-refractivity contribution in [3.8, 4) is 0 Å². The third kappa shape index (κ3) is 1.20. The van der Waals surface area contributed by atoms with Gasteiger partial charge in [0.1, 0.15) is 5.54 Å². The quantitative estimate of drug-likeness (QED) is 0.591. The summed E-state index contributed by atoms with van der Waals surface area (Å²) in [6.07, 6.45) is 3.01. The monoisotopic (exact) mass is 183 g/mol. The highest BCUT2D eigenvalue weighted by Gasteiger charge is 2.50. The number of amides is 1. The Balaban J connectivity index is 2.22. The molecule has 4 heteroatoms. The topological polar surface area (TPSA) is 55.4 Å². The Morgan fingerprint density at radius 3 is 3.15 bits per heavy atom. The summed E-state index contributed by atoms with van der Waals surface area (Å²) >= 11 is 0. The lowest BCUT2D eigenvalue weighted by Crippen LogP contribution is -2.55. The van der Waals surface area contributed by atoms with E-state index in [-0.39, 0.29) is 11.9 Å². The van der Waals surface area contributed by atoms with Gasteiger partial charge in [-0.25, -0.2) is 4.79 Å². The van der Waals surface area contributed by atoms with Gasteiger partial charge in [0.25, 0.3) is 0 Å². The number of nitrogens with one attached hydrogen (secondary N) is 1. The van der Waals surface area contributed by atoms with E-state index < -0.39 is 5.54 Å². The Bertz CT molecular complexity index is 264. The van der Waals surface area contributed by atoms with Gasteiger partial charge in [-0.3, -0.25) is 4.79 Å². The molecule has 1 N–H and O–H groups in total. The van der Waals surface area contributed by atoms with Gasteiger partial charge in [-0.05, 0) is 25.2 Å². The predicted octanol–water partition coefficient (Wildman–Crippen LogP) is 0.218. The molecule has 2 aliphatic rings. The molecule has 2 fully saturated rings. The summed E-state index contributed by atoms with van der Waals surface area (Å²) in [6, 6.07) is 0. The zero-order chi connectivity index (χ0) is 9.47. The highest BCUT2D eigenvalue weighted by Crippen LogP contribution is 2.40. The maximum atomic E-state index is 11.5. The number of piperidine rings is 1. The van der Waals surface area contributed by atoms with Gasteiger partial charge in [0.2, 0.25) is 5.91 Å². The zero-order valence-corrected chi connectivity index (χ0v) is 7.63. The number of esters is 1. The third-order valence-corrected chi connectivity index (χ3v) is 3.05. The van der Waals surface area contributed by atoms with E-state index in [0.717, 1.165) is 19.3 Å². The standard InChI is InChI=1S/C9H13NO3/c1-13-8(12)9-3-2-6(5-9)4-7(11)10-9/h6H,2-5H2,1H3,(H,10,11)/t6-,9+/m1/s1. The van der Waals surface area contributed by atoms with Crippen molar-refractivity contribution >= 4 is 11.9 Å². The van der Waals surface area contributed by atoms with E-state index >= 15 is 0 Å². The van der Waals surface area contributed by atoms with Gasteiger partial charge < -0.3 is 10.1 Å². The van der Waals surface area contributed by atoms with E-state index in [1.807, 2.05) is 0 Å². The van der Waals surface area contributed by atoms with Gasteiger partial charge in [-0.15, -0.1) is 0 Å².